The maximum Gasteiger partial charge on any atom is 0.348 e. The summed E-state index contributed by atoms with van der Waals surface area (Å²) in [4.78, 5) is 0.698. The highest BCUT2D eigenvalue weighted by Crippen LogP contribution is 2.47. The molecule has 28 heavy (non-hydrogen) atoms. The molecule has 146 valence electrons. The predicted octanol–water partition coefficient (Wildman–Crippen LogP) is 3.18. The third-order valence-electron chi connectivity index (χ3n) is 5.42. The van der Waals surface area contributed by atoms with Crippen LogP contribution in [0.5, 0.6) is 11.5 Å². The summed E-state index contributed by atoms with van der Waals surface area (Å²) in [6.07, 6.45) is 2.42. The van der Waals surface area contributed by atoms with Crippen LogP contribution in [0, 0.1) is 0 Å². The number of nitrogens with one attached hydrogen (secondary N) is 1. The Hall–Kier alpha value is -2.36. The number of benzene rings is 1. The summed E-state index contributed by atoms with van der Waals surface area (Å²) in [5.41, 5.74) is 1.44. The zero-order valence-corrected chi connectivity index (χ0v) is 16.7. The minimum absolute atomic E-state index is 0.0467. The Morgan fingerprint density at radius 1 is 1.29 bits per heavy atom. The van der Waals surface area contributed by atoms with Crippen molar-refractivity contribution in [3.8, 4) is 22.1 Å². The van der Waals surface area contributed by atoms with Crippen molar-refractivity contribution < 1.29 is 21.9 Å². The number of rotatable bonds is 4. The molecule has 2 aliphatic rings. The van der Waals surface area contributed by atoms with Gasteiger partial charge in [0.05, 0.1) is 4.88 Å². The van der Waals surface area contributed by atoms with Gasteiger partial charge >= 0.3 is 10.1 Å². The number of ether oxygens (including phenoxy) is 1. The average Bonchev–Trinajstić information content (AvgIpc) is 3.40. The topological polar surface area (TPSA) is 90.7 Å². The van der Waals surface area contributed by atoms with Gasteiger partial charge in [0.15, 0.2) is 4.21 Å². The molecule has 2 aromatic heterocycles. The van der Waals surface area contributed by atoms with Crippen LogP contribution in [0.1, 0.15) is 18.9 Å². The van der Waals surface area contributed by atoms with Crippen LogP contribution in [-0.2, 0) is 15.5 Å². The number of hydrogen-bond acceptors (Lipinski definition) is 8. The SMILES string of the molecule is CC12CCNCC1Oc1ccc(OS(=O)(=O)c3ccc(-c4ccon4)s3)cc12. The minimum Gasteiger partial charge on any atom is -0.488 e. The van der Waals surface area contributed by atoms with Crippen molar-refractivity contribution in [2.75, 3.05) is 13.1 Å². The van der Waals surface area contributed by atoms with Gasteiger partial charge in [-0.15, -0.1) is 11.3 Å². The van der Waals surface area contributed by atoms with Crippen molar-refractivity contribution in [2.24, 2.45) is 0 Å². The molecule has 5 rings (SSSR count). The number of hydrogen-bond donors (Lipinski definition) is 1. The van der Waals surface area contributed by atoms with Gasteiger partial charge in [0.1, 0.15) is 29.6 Å². The number of piperidine rings is 1. The van der Waals surface area contributed by atoms with Gasteiger partial charge in [-0.25, -0.2) is 0 Å². The molecular formula is C19H18N2O5S2. The zero-order valence-electron chi connectivity index (χ0n) is 15.0. The van der Waals surface area contributed by atoms with Crippen LogP contribution in [0.4, 0.5) is 0 Å². The third kappa shape index (κ3) is 2.81. The van der Waals surface area contributed by atoms with Gasteiger partial charge in [-0.3, -0.25) is 0 Å². The summed E-state index contributed by atoms with van der Waals surface area (Å²) in [5.74, 6) is 1.09. The van der Waals surface area contributed by atoms with E-state index < -0.39 is 10.1 Å². The summed E-state index contributed by atoms with van der Waals surface area (Å²) < 4.78 is 41.9. The van der Waals surface area contributed by atoms with Gasteiger partial charge in [0.2, 0.25) is 0 Å². The molecule has 1 saturated heterocycles. The van der Waals surface area contributed by atoms with E-state index in [-0.39, 0.29) is 15.7 Å². The Labute approximate surface area is 166 Å². The highest BCUT2D eigenvalue weighted by Gasteiger charge is 2.46. The first kappa shape index (κ1) is 17.7. The van der Waals surface area contributed by atoms with E-state index in [9.17, 15) is 8.42 Å². The van der Waals surface area contributed by atoms with Crippen LogP contribution in [0.15, 0.2) is 51.4 Å². The summed E-state index contributed by atoms with van der Waals surface area (Å²) in [6.45, 7) is 3.84. The molecule has 2 unspecified atom stereocenters. The number of aromatic nitrogens is 1. The average molecular weight is 418 g/mol. The molecule has 9 heteroatoms. The second-order valence-corrected chi connectivity index (χ2v) is 10.0. The first-order chi connectivity index (χ1) is 13.5. The first-order valence-electron chi connectivity index (χ1n) is 8.93. The quantitative estimate of drug-likeness (QED) is 0.651. The smallest absolute Gasteiger partial charge is 0.348 e. The van der Waals surface area contributed by atoms with E-state index in [0.717, 1.165) is 42.2 Å². The molecule has 1 N–H and O–H groups in total. The predicted molar refractivity (Wildman–Crippen MR) is 103 cm³/mol. The van der Waals surface area contributed by atoms with E-state index >= 15 is 0 Å². The second kappa shape index (κ2) is 6.33. The van der Waals surface area contributed by atoms with Crippen molar-refractivity contribution in [3.05, 3.63) is 48.2 Å². The van der Waals surface area contributed by atoms with E-state index in [4.69, 9.17) is 13.4 Å². The van der Waals surface area contributed by atoms with Crippen LogP contribution in [0.3, 0.4) is 0 Å². The van der Waals surface area contributed by atoms with E-state index in [1.807, 2.05) is 0 Å². The van der Waals surface area contributed by atoms with E-state index in [1.165, 1.54) is 12.3 Å². The van der Waals surface area contributed by atoms with Crippen molar-refractivity contribution in [1.29, 1.82) is 0 Å². The Morgan fingerprint density at radius 3 is 3.00 bits per heavy atom. The molecule has 0 spiro atoms. The molecule has 0 amide bonds. The van der Waals surface area contributed by atoms with Crippen LogP contribution in [0.25, 0.3) is 10.6 Å². The van der Waals surface area contributed by atoms with Crippen molar-refractivity contribution in [1.82, 2.24) is 10.5 Å². The Balaban J connectivity index is 1.43. The standard InChI is InChI=1S/C19H18N2O5S2/c1-19-7-8-20-11-17(19)25-15-3-2-12(10-13(15)19)26-28(22,23)18-5-4-16(27-18)14-6-9-24-21-14/h2-6,9-10,17,20H,7-8,11H2,1H3. The fourth-order valence-corrected chi connectivity index (χ4v) is 5.96. The molecule has 0 aliphatic carbocycles. The molecule has 3 aromatic rings. The van der Waals surface area contributed by atoms with E-state index in [2.05, 4.69) is 17.4 Å². The van der Waals surface area contributed by atoms with Gasteiger partial charge in [0.25, 0.3) is 0 Å². The fourth-order valence-electron chi connectivity index (χ4n) is 3.81. The summed E-state index contributed by atoms with van der Waals surface area (Å²) >= 11 is 1.09. The molecule has 1 aromatic carbocycles. The molecule has 2 atom stereocenters. The monoisotopic (exact) mass is 418 g/mol. The highest BCUT2D eigenvalue weighted by atomic mass is 32.3. The normalized spacial score (nSPS) is 23.7. The van der Waals surface area contributed by atoms with E-state index in [1.54, 1.807) is 30.3 Å². The molecule has 0 radical (unpaired) electrons. The summed E-state index contributed by atoms with van der Waals surface area (Å²) in [5, 5.41) is 7.17. The van der Waals surface area contributed by atoms with Gasteiger partial charge < -0.3 is 18.8 Å². The number of nitrogens with zero attached hydrogens (tertiary/aromatic N) is 1. The number of thiophene rings is 1. The Bertz CT molecular complexity index is 1120. The maximum atomic E-state index is 12.8. The number of fused-ring (bicyclic) bond motifs is 3. The van der Waals surface area contributed by atoms with Crippen molar-refractivity contribution in [2.45, 2.75) is 29.1 Å². The summed E-state index contributed by atoms with van der Waals surface area (Å²) in [7, 11) is -3.94. The maximum absolute atomic E-state index is 12.8. The van der Waals surface area contributed by atoms with E-state index in [0.29, 0.717) is 16.3 Å². The lowest BCUT2D eigenvalue weighted by molar-refractivity contribution is 0.124. The van der Waals surface area contributed by atoms with Gasteiger partial charge in [-0.05, 0) is 43.3 Å². The van der Waals surface area contributed by atoms with Gasteiger partial charge in [0, 0.05) is 23.6 Å². The van der Waals surface area contributed by atoms with Crippen LogP contribution >= 0.6 is 11.3 Å². The molecule has 7 nitrogen and oxygen atoms in total. The first-order valence-corrected chi connectivity index (χ1v) is 11.2. The van der Waals surface area contributed by atoms with Crippen molar-refractivity contribution in [3.63, 3.8) is 0 Å². The highest BCUT2D eigenvalue weighted by molar-refractivity contribution is 7.89. The molecule has 4 heterocycles. The largest absolute Gasteiger partial charge is 0.488 e. The molecular weight excluding hydrogens is 400 g/mol. The fraction of sp³-hybridized carbons (Fsp3) is 0.316. The Morgan fingerprint density at radius 2 is 2.18 bits per heavy atom. The lowest BCUT2D eigenvalue weighted by atomic mass is 9.74. The minimum atomic E-state index is -3.94. The summed E-state index contributed by atoms with van der Waals surface area (Å²) in [6, 6.07) is 10.1. The van der Waals surface area contributed by atoms with Gasteiger partial charge in [-0.1, -0.05) is 12.1 Å². The van der Waals surface area contributed by atoms with Gasteiger partial charge in [-0.2, -0.15) is 8.42 Å². The molecule has 0 bridgehead atoms. The lowest BCUT2D eigenvalue weighted by Gasteiger charge is -2.35. The van der Waals surface area contributed by atoms with Crippen molar-refractivity contribution >= 4 is 21.5 Å². The second-order valence-electron chi connectivity index (χ2n) is 7.18. The molecule has 0 saturated carbocycles. The zero-order chi connectivity index (χ0) is 19.4. The third-order valence-corrected chi connectivity index (χ3v) is 8.23. The lowest BCUT2D eigenvalue weighted by Crippen LogP contribution is -2.49. The molecule has 2 aliphatic heterocycles. The van der Waals surface area contributed by atoms with Crippen LogP contribution < -0.4 is 14.2 Å². The molecule has 1 fully saturated rings. The van der Waals surface area contributed by atoms with Crippen LogP contribution in [0.2, 0.25) is 0 Å². The van der Waals surface area contributed by atoms with Crippen LogP contribution in [-0.4, -0.2) is 32.8 Å². The Kier molecular flexibility index (Phi) is 4.01.